The number of benzene rings is 3. The Morgan fingerprint density at radius 3 is 2.29 bits per heavy atom. The summed E-state index contributed by atoms with van der Waals surface area (Å²) in [5.74, 6) is -0.236. The molecule has 0 radical (unpaired) electrons. The average Bonchev–Trinajstić information content (AvgIpc) is 3.91. The van der Waals surface area contributed by atoms with E-state index in [2.05, 4.69) is 54.7 Å². The van der Waals surface area contributed by atoms with Gasteiger partial charge in [0.25, 0.3) is 5.91 Å². The lowest BCUT2D eigenvalue weighted by Crippen LogP contribution is -2.74. The van der Waals surface area contributed by atoms with Crippen molar-refractivity contribution in [3.8, 4) is 28.0 Å². The third-order valence-corrected chi connectivity index (χ3v) is 14.3. The van der Waals surface area contributed by atoms with Crippen molar-refractivity contribution >= 4 is 46.6 Å². The molecule has 4 aromatic rings. The maximum Gasteiger partial charge on any atom is 0.251 e. The molecule has 2 heterocycles. The fourth-order valence-corrected chi connectivity index (χ4v) is 10.6. The minimum absolute atomic E-state index is 0.0146. The minimum atomic E-state index is -0.957. The fourth-order valence-electron chi connectivity index (χ4n) is 9.57. The molecule has 364 valence electrons. The van der Waals surface area contributed by atoms with Crippen LogP contribution >= 0.6 is 22.9 Å². The summed E-state index contributed by atoms with van der Waals surface area (Å²) in [5.41, 5.74) is 4.12. The van der Waals surface area contributed by atoms with Crippen molar-refractivity contribution in [1.82, 2.24) is 25.8 Å². The van der Waals surface area contributed by atoms with Crippen LogP contribution in [0, 0.1) is 34.5 Å². The predicted octanol–water partition coefficient (Wildman–Crippen LogP) is 8.02. The van der Waals surface area contributed by atoms with Crippen LogP contribution in [0.3, 0.4) is 0 Å². The number of hydrogen-bond donors (Lipinski definition) is 4. The number of aliphatic hydroxyl groups is 1. The van der Waals surface area contributed by atoms with Gasteiger partial charge in [-0.3, -0.25) is 19.2 Å². The first-order valence-electron chi connectivity index (χ1n) is 23.2. The monoisotopic (exact) mass is 968 g/mol. The van der Waals surface area contributed by atoms with Crippen molar-refractivity contribution in [2.75, 3.05) is 19.8 Å². The highest BCUT2D eigenvalue weighted by Crippen LogP contribution is 2.55. The van der Waals surface area contributed by atoms with Crippen molar-refractivity contribution in [3.63, 3.8) is 0 Å². The van der Waals surface area contributed by atoms with Crippen LogP contribution in [0.25, 0.3) is 10.4 Å². The molecule has 0 unspecified atom stereocenters. The molecule has 16 heteroatoms. The smallest absolute Gasteiger partial charge is 0.251 e. The third kappa shape index (κ3) is 12.4. The van der Waals surface area contributed by atoms with Gasteiger partial charge < -0.3 is 40.2 Å². The summed E-state index contributed by atoms with van der Waals surface area (Å²) < 4.78 is 18.2. The quantitative estimate of drug-likeness (QED) is 0.0670. The zero-order chi connectivity index (χ0) is 49.6. The molecular weight excluding hydrogens is 904 g/mol. The summed E-state index contributed by atoms with van der Waals surface area (Å²) in [4.78, 5) is 60.8. The summed E-state index contributed by atoms with van der Waals surface area (Å²) >= 11 is 7.81. The molecule has 0 bridgehead atoms. The topological polar surface area (TPSA) is 192 Å². The molecule has 4 atom stereocenters. The molecule has 4 N–H and O–H groups in total. The largest absolute Gasteiger partial charge is 0.491 e. The van der Waals surface area contributed by atoms with Gasteiger partial charge in [-0.1, -0.05) is 84.3 Å². The van der Waals surface area contributed by atoms with E-state index in [1.54, 1.807) is 53.8 Å². The van der Waals surface area contributed by atoms with E-state index in [0.717, 1.165) is 34.5 Å². The summed E-state index contributed by atoms with van der Waals surface area (Å²) in [6.45, 7) is 18.0. The van der Waals surface area contributed by atoms with Crippen LogP contribution in [0.2, 0.25) is 5.02 Å². The summed E-state index contributed by atoms with van der Waals surface area (Å²) in [5, 5.41) is 29.1. The molecule has 1 aromatic heterocycles. The van der Waals surface area contributed by atoms with Crippen LogP contribution in [0.5, 0.6) is 11.5 Å². The highest BCUT2D eigenvalue weighted by atomic mass is 35.5. The van der Waals surface area contributed by atoms with Crippen molar-refractivity contribution in [2.45, 2.75) is 131 Å². The molecule has 68 heavy (non-hydrogen) atoms. The molecule has 1 saturated carbocycles. The van der Waals surface area contributed by atoms with Crippen LogP contribution in [-0.2, 0) is 25.7 Å². The van der Waals surface area contributed by atoms with Crippen molar-refractivity contribution < 1.29 is 38.5 Å². The SMILES string of the molecule is Cc1ncsc1-c1ccc(CNC(=O)[C@@H]2C[C@@H](O)CN2C(=O)[C@@H](NC(=O)COCCCC[C@@H](C)Oc2ccc(C(=O)N[C@H]3C(C)(C)[C@H](Oc4ccc(C#N)c(Cl)c4)C3(C)C)cc2)C(C)(C)C)cc1. The van der Waals surface area contributed by atoms with Gasteiger partial charge in [0.05, 0.1) is 38.9 Å². The number of carbonyl (C=O) groups is 4. The number of thiazole rings is 1. The average molecular weight is 970 g/mol. The molecule has 2 fully saturated rings. The highest BCUT2D eigenvalue weighted by Gasteiger charge is 2.64. The third-order valence-electron chi connectivity index (χ3n) is 13.0. The lowest BCUT2D eigenvalue weighted by atomic mass is 9.49. The summed E-state index contributed by atoms with van der Waals surface area (Å²) in [6.07, 6.45) is 1.09. The molecule has 1 aliphatic carbocycles. The number of ether oxygens (including phenoxy) is 3. The van der Waals surface area contributed by atoms with Gasteiger partial charge in [-0.15, -0.1) is 11.3 Å². The van der Waals surface area contributed by atoms with Crippen LogP contribution < -0.4 is 25.4 Å². The van der Waals surface area contributed by atoms with Crippen molar-refractivity contribution in [1.29, 1.82) is 5.26 Å². The maximum absolute atomic E-state index is 14.0. The molecule has 6 rings (SSSR count). The zero-order valence-corrected chi connectivity index (χ0v) is 42.1. The number of carbonyl (C=O) groups excluding carboxylic acids is 4. The Hall–Kier alpha value is -5.53. The molecule has 14 nitrogen and oxygen atoms in total. The molecule has 4 amide bonds. The number of aromatic nitrogens is 1. The van der Waals surface area contributed by atoms with Gasteiger partial charge in [-0.2, -0.15) is 5.26 Å². The van der Waals surface area contributed by atoms with Crippen molar-refractivity contribution in [3.05, 3.63) is 99.6 Å². The maximum atomic E-state index is 14.0. The number of amides is 4. The van der Waals surface area contributed by atoms with Gasteiger partial charge in [-0.25, -0.2) is 4.98 Å². The first-order valence-corrected chi connectivity index (χ1v) is 24.4. The molecule has 3 aromatic carbocycles. The first-order chi connectivity index (χ1) is 32.1. The molecule has 1 saturated heterocycles. The summed E-state index contributed by atoms with van der Waals surface area (Å²) in [7, 11) is 0. The number of rotatable bonds is 19. The molecule has 2 aliphatic rings. The van der Waals surface area contributed by atoms with Crippen molar-refractivity contribution in [2.24, 2.45) is 16.2 Å². The number of nitrogens with zero attached hydrogens (tertiary/aromatic N) is 3. The molecular formula is C52H65ClN6O8S. The number of β-amino-alcohol motifs (C(OH)–C–C–N with tert-alkyl or cyclic N) is 1. The number of nitriles is 1. The number of hydrogen-bond acceptors (Lipinski definition) is 11. The van der Waals surface area contributed by atoms with E-state index in [9.17, 15) is 29.5 Å². The summed E-state index contributed by atoms with van der Waals surface area (Å²) in [6, 6.07) is 20.0. The Bertz CT molecular complexity index is 2450. The highest BCUT2D eigenvalue weighted by molar-refractivity contribution is 7.13. The second-order valence-electron chi connectivity index (χ2n) is 20.2. The molecule has 0 spiro atoms. The number of nitrogens with one attached hydrogen (secondary N) is 3. The second kappa shape index (κ2) is 21.8. The van der Waals surface area contributed by atoms with E-state index in [0.29, 0.717) is 40.7 Å². The van der Waals surface area contributed by atoms with Crippen LogP contribution in [0.4, 0.5) is 0 Å². The Balaban J connectivity index is 0.893. The normalized spacial score (nSPS) is 20.3. The van der Waals surface area contributed by atoms with Crippen LogP contribution in [0.15, 0.2) is 72.2 Å². The van der Waals surface area contributed by atoms with E-state index in [1.165, 1.54) is 4.90 Å². The number of likely N-dealkylation sites (tertiary alicyclic amines) is 1. The van der Waals surface area contributed by atoms with E-state index in [1.807, 2.05) is 64.4 Å². The first kappa shape index (κ1) is 51.9. The predicted molar refractivity (Wildman–Crippen MR) is 262 cm³/mol. The Labute approximate surface area is 409 Å². The van der Waals surface area contributed by atoms with E-state index < -0.39 is 46.2 Å². The minimum Gasteiger partial charge on any atom is -0.491 e. The van der Waals surface area contributed by atoms with E-state index >= 15 is 0 Å². The van der Waals surface area contributed by atoms with Gasteiger partial charge in [-0.05, 0) is 86.1 Å². The lowest BCUT2D eigenvalue weighted by molar-refractivity contribution is -0.164. The Kier molecular flexibility index (Phi) is 16.6. The van der Waals surface area contributed by atoms with Gasteiger partial charge >= 0.3 is 0 Å². The standard InChI is InChI=1S/C52H65ClN6O8S/c1-31(66-38-20-17-35(18-21-38)45(62)58-48-51(6,7)49(52(48,8)9)67-39-22-19-36(26-54)40(53)25-39)12-10-11-23-65-29-42(61)57-44(50(3,4)5)47(64)59-28-37(60)24-41(59)46(63)55-27-33-13-15-34(16-14-33)43-32(2)56-30-68-43/h13-22,25,30-31,37,41,44,48-49,60H,10-12,23-24,27-29H2,1-9H3,(H,55,63)(H,57,61)(H,58,62)/t31-,37-,41+,44-,48-,49-/m1/s1. The van der Waals surface area contributed by atoms with E-state index in [-0.39, 0.29) is 56.2 Å². The number of halogens is 1. The van der Waals surface area contributed by atoms with Gasteiger partial charge in [0, 0.05) is 54.6 Å². The fraction of sp³-hybridized carbons (Fsp3) is 0.500. The number of unbranched alkanes of at least 4 members (excludes halogenated alkanes) is 1. The van der Waals surface area contributed by atoms with Crippen LogP contribution in [0.1, 0.15) is 108 Å². The Morgan fingerprint density at radius 1 is 1.00 bits per heavy atom. The second-order valence-corrected chi connectivity index (χ2v) is 21.5. The Morgan fingerprint density at radius 2 is 1.68 bits per heavy atom. The van der Waals surface area contributed by atoms with Gasteiger partial charge in [0.1, 0.15) is 42.4 Å². The lowest BCUT2D eigenvalue weighted by Gasteiger charge is -2.63. The number of aryl methyl sites for hydroxylation is 1. The van der Waals surface area contributed by atoms with Gasteiger partial charge in [0.2, 0.25) is 17.7 Å². The zero-order valence-electron chi connectivity index (χ0n) is 40.5. The number of aliphatic hydroxyl groups excluding tert-OH is 1. The van der Waals surface area contributed by atoms with Crippen LogP contribution in [-0.4, -0.2) is 94.8 Å². The van der Waals surface area contributed by atoms with E-state index in [4.69, 9.17) is 25.8 Å². The van der Waals surface area contributed by atoms with Gasteiger partial charge in [0.15, 0.2) is 0 Å². The molecule has 1 aliphatic heterocycles.